The lowest BCUT2D eigenvalue weighted by molar-refractivity contribution is 0.303. The van der Waals surface area contributed by atoms with E-state index in [-0.39, 0.29) is 0 Å². The van der Waals surface area contributed by atoms with Crippen LogP contribution < -0.4 is 21.3 Å². The van der Waals surface area contributed by atoms with Crippen molar-refractivity contribution in [2.45, 2.75) is 20.5 Å². The van der Waals surface area contributed by atoms with Gasteiger partial charge in [-0.3, -0.25) is 4.99 Å². The van der Waals surface area contributed by atoms with Crippen molar-refractivity contribution in [3.05, 3.63) is 63.1 Å². The molecule has 2 aromatic rings. The van der Waals surface area contributed by atoms with E-state index in [1.54, 1.807) is 19.1 Å². The van der Waals surface area contributed by atoms with Crippen LogP contribution in [0.4, 0.5) is 5.69 Å². The molecule has 0 saturated heterocycles. The first-order chi connectivity index (χ1) is 12.8. The fourth-order valence-electron chi connectivity index (χ4n) is 2.64. The number of aryl methyl sites for hydroxylation is 1. The van der Waals surface area contributed by atoms with Crippen molar-refractivity contribution in [3.8, 4) is 5.75 Å². The van der Waals surface area contributed by atoms with Crippen molar-refractivity contribution >= 4 is 44.1 Å². The lowest BCUT2D eigenvalue weighted by Gasteiger charge is -2.19. The fraction of sp³-hybridized carbons (Fsp3) is 0.250. The van der Waals surface area contributed by atoms with Crippen molar-refractivity contribution in [2.75, 3.05) is 19.1 Å². The third-order valence-electron chi connectivity index (χ3n) is 4.24. The molecule has 0 unspecified atom stereocenters. The Labute approximate surface area is 173 Å². The van der Waals surface area contributed by atoms with Crippen LogP contribution in [0.5, 0.6) is 5.75 Å². The highest BCUT2D eigenvalue weighted by Gasteiger charge is 2.12. The first kappa shape index (κ1) is 21.3. The molecule has 144 valence electrons. The van der Waals surface area contributed by atoms with Gasteiger partial charge in [-0.1, -0.05) is 33.6 Å². The summed E-state index contributed by atoms with van der Waals surface area (Å²) in [5, 5.41) is 1.98. The number of aliphatic imine (C=N–C) groups is 1. The molecule has 0 saturated carbocycles. The number of ether oxygens (including phenoxy) is 1. The van der Waals surface area contributed by atoms with E-state index >= 15 is 0 Å². The zero-order valence-electron chi connectivity index (χ0n) is 15.9. The maximum Gasteiger partial charge on any atom is 0.128 e. The predicted octanol–water partition coefficient (Wildman–Crippen LogP) is 4.60. The number of hydrazine groups is 1. The number of halogens is 2. The minimum atomic E-state index is 0.386. The molecule has 0 aliphatic rings. The van der Waals surface area contributed by atoms with Crippen LogP contribution in [0.15, 0.2) is 51.4 Å². The van der Waals surface area contributed by atoms with Gasteiger partial charge in [0.15, 0.2) is 0 Å². The van der Waals surface area contributed by atoms with Crippen molar-refractivity contribution in [3.63, 3.8) is 0 Å². The molecule has 0 aromatic heterocycles. The van der Waals surface area contributed by atoms with Crippen LogP contribution in [0.2, 0.25) is 0 Å². The van der Waals surface area contributed by atoms with Crippen LogP contribution in [0.25, 0.3) is 5.70 Å². The molecule has 7 heteroatoms. The molecular formula is C20H24BrClN4O. The Morgan fingerprint density at radius 3 is 2.59 bits per heavy atom. The van der Waals surface area contributed by atoms with E-state index in [0.717, 1.165) is 38.2 Å². The average molecular weight is 452 g/mol. The van der Waals surface area contributed by atoms with Crippen LogP contribution in [-0.2, 0) is 6.61 Å². The molecule has 4 N–H and O–H groups in total. The molecule has 5 nitrogen and oxygen atoms in total. The van der Waals surface area contributed by atoms with Crippen LogP contribution in [0.1, 0.15) is 23.6 Å². The van der Waals surface area contributed by atoms with Gasteiger partial charge >= 0.3 is 0 Å². The van der Waals surface area contributed by atoms with Crippen molar-refractivity contribution < 1.29 is 4.74 Å². The van der Waals surface area contributed by atoms with Crippen LogP contribution in [0.3, 0.4) is 0 Å². The summed E-state index contributed by atoms with van der Waals surface area (Å²) in [5.41, 5.74) is 11.3. The smallest absolute Gasteiger partial charge is 0.128 e. The van der Waals surface area contributed by atoms with E-state index in [9.17, 15) is 0 Å². The van der Waals surface area contributed by atoms with Gasteiger partial charge in [0.05, 0.1) is 5.69 Å². The van der Waals surface area contributed by atoms with Gasteiger partial charge < -0.3 is 15.5 Å². The molecule has 0 spiro atoms. The molecule has 0 amide bonds. The van der Waals surface area contributed by atoms with Crippen LogP contribution in [-0.4, -0.2) is 19.3 Å². The molecule has 27 heavy (non-hydrogen) atoms. The van der Waals surface area contributed by atoms with E-state index < -0.39 is 0 Å². The number of hydrogen-bond acceptors (Lipinski definition) is 5. The Kier molecular flexibility index (Phi) is 7.30. The second-order valence-corrected chi connectivity index (χ2v) is 7.38. The molecule has 0 aliphatic heterocycles. The summed E-state index contributed by atoms with van der Waals surface area (Å²) in [6.45, 7) is 4.21. The Morgan fingerprint density at radius 1 is 1.30 bits per heavy atom. The van der Waals surface area contributed by atoms with Gasteiger partial charge in [0.1, 0.15) is 17.5 Å². The van der Waals surface area contributed by atoms with E-state index in [4.69, 9.17) is 27.9 Å². The van der Waals surface area contributed by atoms with Crippen molar-refractivity contribution in [1.82, 2.24) is 0 Å². The van der Waals surface area contributed by atoms with Gasteiger partial charge in [-0.15, -0.1) is 0 Å². The average Bonchev–Trinajstić information content (AvgIpc) is 2.65. The number of nitrogens with zero attached hydrogens (tertiary/aromatic N) is 2. The highest BCUT2D eigenvalue weighted by atomic mass is 79.9. The number of allylic oxidation sites excluding steroid dienone is 1. The molecule has 2 rings (SSSR count). The lowest BCUT2D eigenvalue weighted by atomic mass is 10.0. The van der Waals surface area contributed by atoms with Gasteiger partial charge in [-0.2, -0.15) is 0 Å². The molecule has 0 fully saturated rings. The van der Waals surface area contributed by atoms with E-state index in [1.165, 1.54) is 0 Å². The predicted molar refractivity (Wildman–Crippen MR) is 118 cm³/mol. The number of nitrogens with two attached hydrogens (primary N) is 2. The van der Waals surface area contributed by atoms with Gasteiger partial charge in [0, 0.05) is 35.4 Å². The topological polar surface area (TPSA) is 76.9 Å². The molecule has 0 heterocycles. The monoisotopic (exact) mass is 450 g/mol. The highest BCUT2D eigenvalue weighted by Crippen LogP contribution is 2.29. The zero-order valence-corrected chi connectivity index (χ0v) is 18.2. The first-order valence-electron chi connectivity index (χ1n) is 8.34. The van der Waals surface area contributed by atoms with Crippen LogP contribution >= 0.6 is 27.5 Å². The summed E-state index contributed by atoms with van der Waals surface area (Å²) in [6.07, 6.45) is 0. The summed E-state index contributed by atoms with van der Waals surface area (Å²) in [4.78, 5) is 3.97. The normalized spacial score (nSPS) is 12.6. The van der Waals surface area contributed by atoms with Gasteiger partial charge in [0.2, 0.25) is 0 Å². The zero-order chi connectivity index (χ0) is 20.1. The Hall–Kier alpha value is -2.02. The Morgan fingerprint density at radius 2 is 2.00 bits per heavy atom. The van der Waals surface area contributed by atoms with Crippen LogP contribution in [0, 0.1) is 6.92 Å². The minimum absolute atomic E-state index is 0.386. The van der Waals surface area contributed by atoms with Crippen molar-refractivity contribution in [1.29, 1.82) is 0 Å². The number of benzene rings is 2. The summed E-state index contributed by atoms with van der Waals surface area (Å²) in [7, 11) is 3.43. The Balaban J connectivity index is 2.26. The van der Waals surface area contributed by atoms with E-state index in [0.29, 0.717) is 17.5 Å². The minimum Gasteiger partial charge on any atom is -0.489 e. The maximum atomic E-state index is 6.22. The second-order valence-electron chi connectivity index (χ2n) is 6.17. The summed E-state index contributed by atoms with van der Waals surface area (Å²) in [5.74, 6) is 6.70. The van der Waals surface area contributed by atoms with Gasteiger partial charge in [-0.05, 0) is 55.3 Å². The molecule has 0 atom stereocenters. The highest BCUT2D eigenvalue weighted by molar-refractivity contribution is 9.10. The largest absolute Gasteiger partial charge is 0.489 e. The van der Waals surface area contributed by atoms with Gasteiger partial charge in [-0.25, -0.2) is 5.84 Å². The number of rotatable bonds is 6. The molecule has 0 bridgehead atoms. The standard InChI is InChI=1S/C20H24BrClN4O/c1-12-10-14(19(23)13(2)20(22)25-3)8-9-18(12)27-11-15-16(21)6-5-7-17(15)26(4)24/h5-10H,11,23-24H2,1-4H3. The summed E-state index contributed by atoms with van der Waals surface area (Å²) in [6, 6.07) is 11.7. The molecule has 2 aromatic carbocycles. The second kappa shape index (κ2) is 9.26. The maximum absolute atomic E-state index is 6.22. The first-order valence-corrected chi connectivity index (χ1v) is 9.52. The fourth-order valence-corrected chi connectivity index (χ4v) is 3.22. The lowest BCUT2D eigenvalue weighted by Crippen LogP contribution is -2.26. The third kappa shape index (κ3) is 5.03. The van der Waals surface area contributed by atoms with E-state index in [2.05, 4.69) is 20.9 Å². The molecular weight excluding hydrogens is 428 g/mol. The SMILES string of the molecule is CN=C(Cl)C(C)=C(N)c1ccc(OCc2c(Br)cccc2N(C)N)c(C)c1. The third-order valence-corrected chi connectivity index (χ3v) is 5.44. The molecule has 0 radical (unpaired) electrons. The summed E-state index contributed by atoms with van der Waals surface area (Å²) < 4.78 is 6.99. The van der Waals surface area contributed by atoms with E-state index in [1.807, 2.05) is 50.2 Å². The summed E-state index contributed by atoms with van der Waals surface area (Å²) >= 11 is 9.64. The van der Waals surface area contributed by atoms with Gasteiger partial charge in [0.25, 0.3) is 0 Å². The van der Waals surface area contributed by atoms with Crippen molar-refractivity contribution in [2.24, 2.45) is 16.6 Å². The quantitative estimate of drug-likeness (QED) is 0.382. The number of hydrogen-bond donors (Lipinski definition) is 2. The number of anilines is 1. The molecule has 0 aliphatic carbocycles. The Bertz CT molecular complexity index is 894.